The fourth-order valence-corrected chi connectivity index (χ4v) is 5.00. The van der Waals surface area contributed by atoms with Crippen LogP contribution in [-0.2, 0) is 0 Å². The zero-order chi connectivity index (χ0) is 25.1. The second-order valence-corrected chi connectivity index (χ2v) is 9.58. The van der Waals surface area contributed by atoms with Crippen molar-refractivity contribution >= 4 is 52.0 Å². The van der Waals surface area contributed by atoms with Gasteiger partial charge >= 0.3 is 5.97 Å². The van der Waals surface area contributed by atoms with Crippen molar-refractivity contribution in [2.45, 2.75) is 44.6 Å². The molecule has 0 radical (unpaired) electrons. The average Bonchev–Trinajstić information content (AvgIpc) is 3.68. The summed E-state index contributed by atoms with van der Waals surface area (Å²) >= 11 is 12.3. The third kappa shape index (κ3) is 5.36. The van der Waals surface area contributed by atoms with Gasteiger partial charge in [0.1, 0.15) is 11.4 Å². The minimum absolute atomic E-state index is 0.0397. The fraction of sp³-hybridized carbons (Fsp3) is 0.346. The zero-order valence-electron chi connectivity index (χ0n) is 19.1. The van der Waals surface area contributed by atoms with Crippen molar-refractivity contribution in [2.75, 3.05) is 18.0 Å². The molecule has 2 heterocycles. The van der Waals surface area contributed by atoms with Gasteiger partial charge in [0.25, 0.3) is 0 Å². The first-order valence-electron chi connectivity index (χ1n) is 11.6. The minimum Gasteiger partial charge on any atom is -0.477 e. The van der Waals surface area contributed by atoms with Gasteiger partial charge in [0.2, 0.25) is 5.43 Å². The lowest BCUT2D eigenvalue weighted by molar-refractivity contribution is 0.0695. The molecule has 1 aliphatic carbocycles. The van der Waals surface area contributed by atoms with Crippen LogP contribution in [-0.4, -0.2) is 34.9 Å². The van der Waals surface area contributed by atoms with Gasteiger partial charge in [-0.1, -0.05) is 54.2 Å². The van der Waals surface area contributed by atoms with E-state index in [1.807, 2.05) is 17.0 Å². The maximum absolute atomic E-state index is 14.9. The molecule has 3 aromatic rings. The Kier molecular flexibility index (Phi) is 7.77. The van der Waals surface area contributed by atoms with Crippen molar-refractivity contribution in [1.29, 1.82) is 5.41 Å². The summed E-state index contributed by atoms with van der Waals surface area (Å²) in [6, 6.07) is 8.53. The maximum atomic E-state index is 14.9. The first-order valence-corrected chi connectivity index (χ1v) is 12.4. The Balaban J connectivity index is 0.000000271. The van der Waals surface area contributed by atoms with Crippen LogP contribution in [0.2, 0.25) is 10.0 Å². The molecule has 0 atom stereocenters. The third-order valence-electron chi connectivity index (χ3n) is 6.34. The second-order valence-electron chi connectivity index (χ2n) is 8.80. The quantitative estimate of drug-likeness (QED) is 0.384. The number of carbonyl (C=O) groups is 1. The molecule has 5 rings (SSSR count). The molecule has 0 unspecified atom stereocenters. The van der Waals surface area contributed by atoms with Gasteiger partial charge in [-0.15, -0.1) is 0 Å². The first-order chi connectivity index (χ1) is 16.8. The monoisotopic (exact) mass is 517 g/mol. The van der Waals surface area contributed by atoms with Crippen molar-refractivity contribution in [3.8, 4) is 0 Å². The van der Waals surface area contributed by atoms with Gasteiger partial charge < -0.3 is 20.0 Å². The number of aromatic carboxylic acids is 1. The summed E-state index contributed by atoms with van der Waals surface area (Å²) in [4.78, 5) is 26.0. The number of anilines is 1. The molecule has 0 spiro atoms. The number of fused-ring (bicyclic) bond motifs is 1. The minimum atomic E-state index is -1.31. The predicted octanol–water partition coefficient (Wildman–Crippen LogP) is 6.55. The number of carboxylic acid groups (broad SMARTS) is 1. The first kappa shape index (κ1) is 25.2. The largest absolute Gasteiger partial charge is 0.477 e. The standard InChI is InChI=1S/C19H20ClFN2O3.C7H6ClN/c20-15-16-12(9-14(21)17(15)22-7-3-1-2-4-8-22)18(24)13(19(25)26)10-23(16)11-5-6-11;8-7-4-2-1-3-6(7)5-9/h9-11H,1-8H2,(H,25,26);1-5,9H. The molecule has 1 aliphatic heterocycles. The van der Waals surface area contributed by atoms with Crippen LogP contribution >= 0.6 is 23.2 Å². The van der Waals surface area contributed by atoms with Crippen LogP contribution in [0.1, 0.15) is 60.5 Å². The van der Waals surface area contributed by atoms with Gasteiger partial charge in [0, 0.05) is 42.1 Å². The summed E-state index contributed by atoms with van der Waals surface area (Å²) < 4.78 is 16.7. The normalized spacial score (nSPS) is 15.8. The van der Waals surface area contributed by atoms with E-state index in [0.29, 0.717) is 16.2 Å². The average molecular weight is 518 g/mol. The Morgan fingerprint density at radius 2 is 1.77 bits per heavy atom. The van der Waals surface area contributed by atoms with E-state index in [1.54, 1.807) is 16.7 Å². The molecule has 2 aliphatic rings. The van der Waals surface area contributed by atoms with E-state index in [1.165, 1.54) is 12.4 Å². The van der Waals surface area contributed by atoms with Crippen LogP contribution < -0.4 is 10.3 Å². The van der Waals surface area contributed by atoms with Crippen molar-refractivity contribution in [2.24, 2.45) is 0 Å². The number of carboxylic acids is 1. The van der Waals surface area contributed by atoms with Gasteiger partial charge in [0.05, 0.1) is 21.6 Å². The fourth-order valence-electron chi connectivity index (χ4n) is 4.40. The summed E-state index contributed by atoms with van der Waals surface area (Å²) in [7, 11) is 0. The number of benzene rings is 2. The highest BCUT2D eigenvalue weighted by Crippen LogP contribution is 2.42. The van der Waals surface area contributed by atoms with E-state index >= 15 is 0 Å². The molecule has 35 heavy (non-hydrogen) atoms. The Labute approximate surface area is 212 Å². The molecule has 6 nitrogen and oxygen atoms in total. The number of nitrogens with zero attached hydrogens (tertiary/aromatic N) is 2. The van der Waals surface area contributed by atoms with E-state index in [-0.39, 0.29) is 22.0 Å². The van der Waals surface area contributed by atoms with Crippen LogP contribution in [0.5, 0.6) is 0 Å². The number of aromatic nitrogens is 1. The van der Waals surface area contributed by atoms with Crippen LogP contribution in [0.25, 0.3) is 10.9 Å². The summed E-state index contributed by atoms with van der Waals surface area (Å²) in [5.74, 6) is -1.87. The number of rotatable bonds is 4. The number of hydrogen-bond donors (Lipinski definition) is 2. The van der Waals surface area contributed by atoms with Gasteiger partial charge in [0.15, 0.2) is 0 Å². The molecule has 184 valence electrons. The van der Waals surface area contributed by atoms with Gasteiger partial charge in [-0.3, -0.25) is 4.79 Å². The zero-order valence-corrected chi connectivity index (χ0v) is 20.6. The highest BCUT2D eigenvalue weighted by Gasteiger charge is 2.30. The summed E-state index contributed by atoms with van der Waals surface area (Å²) in [6.45, 7) is 1.45. The van der Waals surface area contributed by atoms with Gasteiger partial charge in [-0.25, -0.2) is 9.18 Å². The van der Waals surface area contributed by atoms with Crippen LogP contribution in [0.4, 0.5) is 10.1 Å². The highest BCUT2D eigenvalue weighted by molar-refractivity contribution is 6.38. The van der Waals surface area contributed by atoms with Crippen molar-refractivity contribution in [3.05, 3.63) is 73.7 Å². The van der Waals surface area contributed by atoms with Crippen molar-refractivity contribution in [1.82, 2.24) is 4.57 Å². The Morgan fingerprint density at radius 3 is 2.31 bits per heavy atom. The second kappa shape index (κ2) is 10.8. The molecule has 2 fully saturated rings. The van der Waals surface area contributed by atoms with Crippen LogP contribution in [0.3, 0.4) is 0 Å². The lowest BCUT2D eigenvalue weighted by Gasteiger charge is -2.26. The lowest BCUT2D eigenvalue weighted by atomic mass is 10.1. The maximum Gasteiger partial charge on any atom is 0.341 e. The third-order valence-corrected chi connectivity index (χ3v) is 7.04. The van der Waals surface area contributed by atoms with Gasteiger partial charge in [-0.2, -0.15) is 0 Å². The molecule has 1 saturated heterocycles. The van der Waals surface area contributed by atoms with Crippen LogP contribution in [0, 0.1) is 11.2 Å². The van der Waals surface area contributed by atoms with E-state index < -0.39 is 17.2 Å². The van der Waals surface area contributed by atoms with Crippen molar-refractivity contribution in [3.63, 3.8) is 0 Å². The number of hydrogen-bond acceptors (Lipinski definition) is 4. The number of nitrogens with one attached hydrogen (secondary N) is 1. The Hall–Kier alpha value is -2.90. The predicted molar refractivity (Wildman–Crippen MR) is 138 cm³/mol. The molecule has 2 N–H and O–H groups in total. The molecule has 1 saturated carbocycles. The topological polar surface area (TPSA) is 86.4 Å². The van der Waals surface area contributed by atoms with E-state index in [9.17, 15) is 19.1 Å². The van der Waals surface area contributed by atoms with E-state index in [0.717, 1.165) is 63.2 Å². The summed E-state index contributed by atoms with van der Waals surface area (Å²) in [5, 5.41) is 17.1. The Morgan fingerprint density at radius 1 is 1.11 bits per heavy atom. The van der Waals surface area contributed by atoms with E-state index in [4.69, 9.17) is 28.6 Å². The smallest absolute Gasteiger partial charge is 0.341 e. The molecule has 0 amide bonds. The molecule has 9 heteroatoms. The van der Waals surface area contributed by atoms with Crippen molar-refractivity contribution < 1.29 is 14.3 Å². The lowest BCUT2D eigenvalue weighted by Crippen LogP contribution is -2.26. The number of halogens is 3. The van der Waals surface area contributed by atoms with Crippen LogP contribution in [0.15, 0.2) is 41.3 Å². The Bertz CT molecular complexity index is 1330. The van der Waals surface area contributed by atoms with Gasteiger partial charge in [-0.05, 0) is 37.8 Å². The molecule has 2 aromatic carbocycles. The summed E-state index contributed by atoms with van der Waals surface area (Å²) in [5.41, 5.74) is 0.511. The molecule has 1 aromatic heterocycles. The summed E-state index contributed by atoms with van der Waals surface area (Å²) in [6.07, 6.45) is 8.55. The highest BCUT2D eigenvalue weighted by atomic mass is 35.5. The molecular formula is C26H26Cl2FN3O3. The SMILES string of the molecule is N=Cc1ccccc1Cl.O=C(O)c1cn(C2CC2)c2c(Cl)c(N3CCCCCC3)c(F)cc2c1=O. The molecular weight excluding hydrogens is 492 g/mol. The molecule has 0 bridgehead atoms. The number of pyridine rings is 1. The van der Waals surface area contributed by atoms with E-state index in [2.05, 4.69) is 0 Å².